The molecule has 0 amide bonds. The van der Waals surface area contributed by atoms with Crippen LogP contribution in [-0.2, 0) is 14.3 Å². The van der Waals surface area contributed by atoms with E-state index in [1.807, 2.05) is 6.07 Å². The molecule has 3 nitrogen and oxygen atoms in total. The highest BCUT2D eigenvalue weighted by atomic mass is 16.5. The number of esters is 1. The van der Waals surface area contributed by atoms with Crippen LogP contribution >= 0.6 is 0 Å². The number of rotatable bonds is 3. The molecule has 0 aromatic heterocycles. The van der Waals surface area contributed by atoms with E-state index in [1.54, 1.807) is 7.11 Å². The maximum Gasteiger partial charge on any atom is 0.312 e. The second-order valence-electron chi connectivity index (χ2n) is 16.1. The van der Waals surface area contributed by atoms with Gasteiger partial charge in [0.25, 0.3) is 0 Å². The Labute approximate surface area is 248 Å². The number of benzene rings is 1. The van der Waals surface area contributed by atoms with Crippen molar-refractivity contribution in [2.45, 2.75) is 99.3 Å². The zero-order valence-corrected chi connectivity index (χ0v) is 26.6. The van der Waals surface area contributed by atoms with Crippen LogP contribution in [0.5, 0.6) is 0 Å². The highest BCUT2D eigenvalue weighted by Gasteiger charge is 2.72. The van der Waals surface area contributed by atoms with Gasteiger partial charge in [-0.25, -0.2) is 0 Å². The van der Waals surface area contributed by atoms with Gasteiger partial charge in [-0.3, -0.25) is 9.59 Å². The van der Waals surface area contributed by atoms with Gasteiger partial charge in [-0.2, -0.15) is 0 Å². The van der Waals surface area contributed by atoms with Gasteiger partial charge in [-0.1, -0.05) is 77.1 Å². The third-order valence-corrected chi connectivity index (χ3v) is 14.4. The third-order valence-electron chi connectivity index (χ3n) is 14.4. The first-order valence-corrected chi connectivity index (χ1v) is 16.3. The molecule has 0 saturated heterocycles. The van der Waals surface area contributed by atoms with Crippen molar-refractivity contribution in [1.82, 2.24) is 0 Å². The summed E-state index contributed by atoms with van der Waals surface area (Å²) >= 11 is 0. The lowest BCUT2D eigenvalue weighted by Crippen LogP contribution is -2.67. The SMILES string of the molecule is C=C(C)[C@@H]1CC[C@]2(C(=O)OC)CC[C@]3(C)[C@H](CC[C@@H]4[C@@]5(C)C/C(=C/c6ccccc6)C(=O)C(C)(C)C5CC[C@]43C)C12. The van der Waals surface area contributed by atoms with Crippen LogP contribution in [0.4, 0.5) is 0 Å². The number of Topliss-reactive ketones (excluding diaryl/α,β-unsaturated/α-hetero) is 1. The number of ketones is 1. The van der Waals surface area contributed by atoms with Crippen molar-refractivity contribution in [3.8, 4) is 0 Å². The van der Waals surface area contributed by atoms with Crippen molar-refractivity contribution in [1.29, 1.82) is 0 Å². The van der Waals surface area contributed by atoms with E-state index in [0.717, 1.165) is 49.7 Å². The molecule has 222 valence electrons. The summed E-state index contributed by atoms with van der Waals surface area (Å²) < 4.78 is 5.54. The summed E-state index contributed by atoms with van der Waals surface area (Å²) in [7, 11) is 1.59. The van der Waals surface area contributed by atoms with E-state index in [0.29, 0.717) is 35.4 Å². The fraction of sp³-hybridized carbons (Fsp3) is 0.684. The van der Waals surface area contributed by atoms with Gasteiger partial charge in [-0.15, -0.1) is 0 Å². The quantitative estimate of drug-likeness (QED) is 0.212. The van der Waals surface area contributed by atoms with Gasteiger partial charge in [-0.05, 0) is 128 Å². The fourth-order valence-electron chi connectivity index (χ4n) is 12.4. The number of hydrogen-bond donors (Lipinski definition) is 0. The minimum absolute atomic E-state index is 0.0273. The molecular formula is C38H52O3. The Morgan fingerprint density at radius 1 is 0.902 bits per heavy atom. The lowest BCUT2D eigenvalue weighted by Gasteiger charge is -2.72. The Balaban J connectivity index is 1.42. The number of ether oxygens (including phenoxy) is 1. The lowest BCUT2D eigenvalue weighted by atomic mass is 9.32. The summed E-state index contributed by atoms with van der Waals surface area (Å²) in [6.45, 7) is 18.9. The van der Waals surface area contributed by atoms with Crippen molar-refractivity contribution in [3.63, 3.8) is 0 Å². The average Bonchev–Trinajstić information content (AvgIpc) is 3.33. The van der Waals surface area contributed by atoms with Crippen LogP contribution in [-0.4, -0.2) is 18.9 Å². The Hall–Kier alpha value is -2.16. The van der Waals surface area contributed by atoms with Crippen LogP contribution < -0.4 is 0 Å². The molecule has 3 heteroatoms. The summed E-state index contributed by atoms with van der Waals surface area (Å²) in [5, 5.41) is 0. The van der Waals surface area contributed by atoms with Gasteiger partial charge in [0.15, 0.2) is 5.78 Å². The van der Waals surface area contributed by atoms with Crippen molar-refractivity contribution in [2.24, 2.45) is 56.7 Å². The third kappa shape index (κ3) is 3.75. The first-order valence-electron chi connectivity index (χ1n) is 16.3. The number of methoxy groups -OCH3 is 1. The van der Waals surface area contributed by atoms with Crippen molar-refractivity contribution >= 4 is 17.8 Å². The molecule has 1 aromatic rings. The number of allylic oxidation sites excluding steroid dienone is 2. The zero-order chi connectivity index (χ0) is 29.6. The van der Waals surface area contributed by atoms with Crippen molar-refractivity contribution in [2.75, 3.05) is 7.11 Å². The molecule has 0 heterocycles. The lowest BCUT2D eigenvalue weighted by molar-refractivity contribution is -0.232. The van der Waals surface area contributed by atoms with Gasteiger partial charge in [0.2, 0.25) is 0 Å². The Morgan fingerprint density at radius 3 is 2.27 bits per heavy atom. The van der Waals surface area contributed by atoms with E-state index in [-0.39, 0.29) is 33.0 Å². The molecule has 5 saturated carbocycles. The Bertz CT molecular complexity index is 1290. The highest BCUT2D eigenvalue weighted by Crippen LogP contribution is 2.77. The van der Waals surface area contributed by atoms with E-state index in [9.17, 15) is 9.59 Å². The summed E-state index contributed by atoms with van der Waals surface area (Å²) in [5.41, 5.74) is 3.06. The summed E-state index contributed by atoms with van der Waals surface area (Å²) in [4.78, 5) is 27.5. The predicted molar refractivity (Wildman–Crippen MR) is 166 cm³/mol. The Kier molecular flexibility index (Phi) is 6.65. The van der Waals surface area contributed by atoms with Crippen LogP contribution in [0.25, 0.3) is 6.08 Å². The topological polar surface area (TPSA) is 43.4 Å². The predicted octanol–water partition coefficient (Wildman–Crippen LogP) is 9.08. The number of carbonyl (C=O) groups excluding carboxylic acids is 2. The minimum atomic E-state index is -0.365. The van der Waals surface area contributed by atoms with E-state index in [4.69, 9.17) is 4.74 Å². The molecule has 0 radical (unpaired) electrons. The molecule has 0 aliphatic heterocycles. The minimum Gasteiger partial charge on any atom is -0.469 e. The molecule has 5 aliphatic carbocycles. The van der Waals surface area contributed by atoms with Crippen LogP contribution in [0.1, 0.15) is 105 Å². The van der Waals surface area contributed by atoms with Gasteiger partial charge >= 0.3 is 5.97 Å². The van der Waals surface area contributed by atoms with E-state index >= 15 is 0 Å². The highest BCUT2D eigenvalue weighted by molar-refractivity contribution is 6.04. The summed E-state index contributed by atoms with van der Waals surface area (Å²) in [5.74, 6) is 2.55. The first-order chi connectivity index (χ1) is 19.3. The smallest absolute Gasteiger partial charge is 0.312 e. The molecule has 5 fully saturated rings. The second-order valence-corrected chi connectivity index (χ2v) is 16.1. The largest absolute Gasteiger partial charge is 0.469 e. The van der Waals surface area contributed by atoms with Crippen LogP contribution in [0.3, 0.4) is 0 Å². The van der Waals surface area contributed by atoms with E-state index in [2.05, 4.69) is 78.5 Å². The molecule has 0 spiro atoms. The zero-order valence-electron chi connectivity index (χ0n) is 26.6. The maximum absolute atomic E-state index is 14.0. The number of fused-ring (bicyclic) bond motifs is 7. The van der Waals surface area contributed by atoms with Gasteiger partial charge in [0.1, 0.15) is 0 Å². The standard InChI is InChI=1S/C38H52O3/c1-24(2)27-16-19-38(33(40)41-8)21-20-36(6)28(31(27)38)14-15-30-35(5)23-26(22-25-12-10-9-11-13-25)32(39)34(3,4)29(35)17-18-37(30,36)7/h9-13,22,27-31H,1,14-21,23H2,2-8H3/b26-22-/t27-,28+,29?,30+,31?,35-,36+,37+,38-/m0/s1. The van der Waals surface area contributed by atoms with Crippen molar-refractivity contribution < 1.29 is 14.3 Å². The normalized spacial score (nSPS) is 45.7. The van der Waals surface area contributed by atoms with Gasteiger partial charge in [0, 0.05) is 5.41 Å². The molecular weight excluding hydrogens is 504 g/mol. The molecule has 0 N–H and O–H groups in total. The number of hydrogen-bond acceptors (Lipinski definition) is 3. The van der Waals surface area contributed by atoms with E-state index < -0.39 is 0 Å². The fourth-order valence-corrected chi connectivity index (χ4v) is 12.4. The molecule has 6 rings (SSSR count). The molecule has 2 unspecified atom stereocenters. The monoisotopic (exact) mass is 556 g/mol. The molecule has 41 heavy (non-hydrogen) atoms. The number of carbonyl (C=O) groups is 2. The Morgan fingerprint density at radius 2 is 1.61 bits per heavy atom. The second kappa shape index (κ2) is 9.42. The molecule has 9 atom stereocenters. The summed E-state index contributed by atoms with van der Waals surface area (Å²) in [6.07, 6.45) is 11.7. The average molecular weight is 557 g/mol. The maximum atomic E-state index is 14.0. The molecule has 1 aromatic carbocycles. The van der Waals surface area contributed by atoms with Crippen molar-refractivity contribution in [3.05, 3.63) is 53.6 Å². The first kappa shape index (κ1) is 28.9. The van der Waals surface area contributed by atoms with Crippen LogP contribution in [0.15, 0.2) is 48.1 Å². The molecule has 0 bridgehead atoms. The van der Waals surface area contributed by atoms with Gasteiger partial charge in [0.05, 0.1) is 12.5 Å². The summed E-state index contributed by atoms with van der Waals surface area (Å²) in [6, 6.07) is 10.4. The van der Waals surface area contributed by atoms with Crippen LogP contribution in [0.2, 0.25) is 0 Å². The molecule has 5 aliphatic rings. The van der Waals surface area contributed by atoms with Crippen LogP contribution in [0, 0.1) is 56.7 Å². The van der Waals surface area contributed by atoms with Gasteiger partial charge < -0.3 is 4.74 Å². The van der Waals surface area contributed by atoms with E-state index in [1.165, 1.54) is 24.8 Å².